The topological polar surface area (TPSA) is 43.8 Å². The summed E-state index contributed by atoms with van der Waals surface area (Å²) in [5, 5.41) is 3.46. The number of aliphatic imine (C=N–C) groups is 1. The van der Waals surface area contributed by atoms with Gasteiger partial charge in [-0.05, 0) is 43.5 Å². The zero-order valence-corrected chi connectivity index (χ0v) is 20.7. The molecule has 0 amide bonds. The van der Waals surface area contributed by atoms with Crippen molar-refractivity contribution in [2.45, 2.75) is 24.8 Å². The van der Waals surface area contributed by atoms with E-state index in [2.05, 4.69) is 52.5 Å². The standard InChI is InChI=1S/C22H31N5S.HI/c1-4-23-22(24-15-19-9-8-12-21(25-19)26(2)3)27-14-13-18(16-27)17-28-20-10-6-5-7-11-20;/h5-12,18H,4,13-17H2,1-3H3,(H,23,24);1H. The van der Waals surface area contributed by atoms with Crippen molar-refractivity contribution in [1.29, 1.82) is 0 Å². The van der Waals surface area contributed by atoms with E-state index in [-0.39, 0.29) is 24.0 Å². The first-order chi connectivity index (χ1) is 13.7. The van der Waals surface area contributed by atoms with Crippen molar-refractivity contribution in [3.8, 4) is 0 Å². The van der Waals surface area contributed by atoms with Gasteiger partial charge in [-0.3, -0.25) is 0 Å². The number of rotatable bonds is 7. The Kier molecular flexibility index (Phi) is 10.1. The number of guanidine groups is 1. The molecule has 1 aromatic carbocycles. The van der Waals surface area contributed by atoms with Crippen LogP contribution in [0.1, 0.15) is 19.0 Å². The minimum absolute atomic E-state index is 0. The fourth-order valence-electron chi connectivity index (χ4n) is 3.28. The van der Waals surface area contributed by atoms with Gasteiger partial charge in [-0.15, -0.1) is 35.7 Å². The summed E-state index contributed by atoms with van der Waals surface area (Å²) in [7, 11) is 4.02. The Morgan fingerprint density at radius 1 is 1.21 bits per heavy atom. The number of hydrogen-bond acceptors (Lipinski definition) is 4. The van der Waals surface area contributed by atoms with Gasteiger partial charge in [0, 0.05) is 44.4 Å². The molecule has 5 nitrogen and oxygen atoms in total. The van der Waals surface area contributed by atoms with Crippen LogP contribution in [-0.2, 0) is 6.54 Å². The van der Waals surface area contributed by atoms with Gasteiger partial charge in [0.15, 0.2) is 5.96 Å². The minimum atomic E-state index is 0. The molecule has 1 aliphatic rings. The number of nitrogens with zero attached hydrogens (tertiary/aromatic N) is 4. The third kappa shape index (κ3) is 7.37. The normalized spacial score (nSPS) is 16.4. The van der Waals surface area contributed by atoms with Crippen LogP contribution in [0.3, 0.4) is 0 Å². The third-order valence-corrected chi connectivity index (χ3v) is 6.03. The lowest BCUT2D eigenvalue weighted by Crippen LogP contribution is -2.40. The largest absolute Gasteiger partial charge is 0.363 e. The van der Waals surface area contributed by atoms with Gasteiger partial charge in [0.1, 0.15) is 5.82 Å². The zero-order chi connectivity index (χ0) is 19.8. The first kappa shape index (κ1) is 23.8. The van der Waals surface area contributed by atoms with Gasteiger partial charge in [0.25, 0.3) is 0 Å². The summed E-state index contributed by atoms with van der Waals surface area (Å²) in [6, 6.07) is 16.8. The number of halogens is 1. The summed E-state index contributed by atoms with van der Waals surface area (Å²) < 4.78 is 0. The Balaban J connectivity index is 0.00000300. The van der Waals surface area contributed by atoms with E-state index in [0.717, 1.165) is 42.9 Å². The van der Waals surface area contributed by atoms with Gasteiger partial charge in [-0.2, -0.15) is 0 Å². The highest BCUT2D eigenvalue weighted by Gasteiger charge is 2.24. The number of nitrogens with one attached hydrogen (secondary N) is 1. The van der Waals surface area contributed by atoms with Crippen molar-refractivity contribution in [2.24, 2.45) is 10.9 Å². The zero-order valence-electron chi connectivity index (χ0n) is 17.5. The van der Waals surface area contributed by atoms with E-state index in [9.17, 15) is 0 Å². The molecule has 0 radical (unpaired) electrons. The highest BCUT2D eigenvalue weighted by atomic mass is 127. The average molecular weight is 526 g/mol. The first-order valence-electron chi connectivity index (χ1n) is 10.00. The monoisotopic (exact) mass is 525 g/mol. The van der Waals surface area contributed by atoms with Crippen LogP contribution in [0.25, 0.3) is 0 Å². The van der Waals surface area contributed by atoms with Crippen molar-refractivity contribution in [1.82, 2.24) is 15.2 Å². The quantitative estimate of drug-likeness (QED) is 0.252. The molecule has 1 saturated heterocycles. The van der Waals surface area contributed by atoms with E-state index in [1.54, 1.807) is 0 Å². The van der Waals surface area contributed by atoms with Crippen molar-refractivity contribution < 1.29 is 0 Å². The molecule has 0 saturated carbocycles. The summed E-state index contributed by atoms with van der Waals surface area (Å²) >= 11 is 1.96. The Hall–Kier alpha value is -1.48. The van der Waals surface area contributed by atoms with Crippen molar-refractivity contribution in [3.63, 3.8) is 0 Å². The lowest BCUT2D eigenvalue weighted by molar-refractivity contribution is 0.474. The van der Waals surface area contributed by atoms with Crippen LogP contribution in [0.4, 0.5) is 5.82 Å². The fraction of sp³-hybridized carbons (Fsp3) is 0.455. The molecule has 1 unspecified atom stereocenters. The van der Waals surface area contributed by atoms with Crippen LogP contribution >= 0.6 is 35.7 Å². The number of thioether (sulfide) groups is 1. The summed E-state index contributed by atoms with van der Waals surface area (Å²) in [5.41, 5.74) is 0.997. The summed E-state index contributed by atoms with van der Waals surface area (Å²) in [5.74, 6) is 3.83. The molecule has 1 N–H and O–H groups in total. The highest BCUT2D eigenvalue weighted by molar-refractivity contribution is 14.0. The number of benzene rings is 1. The van der Waals surface area contributed by atoms with Gasteiger partial charge in [-0.25, -0.2) is 9.98 Å². The van der Waals surface area contributed by atoms with Crippen LogP contribution in [0.5, 0.6) is 0 Å². The van der Waals surface area contributed by atoms with Crippen LogP contribution in [0, 0.1) is 5.92 Å². The van der Waals surface area contributed by atoms with Gasteiger partial charge in [-0.1, -0.05) is 24.3 Å². The van der Waals surface area contributed by atoms with Crippen LogP contribution in [0.2, 0.25) is 0 Å². The van der Waals surface area contributed by atoms with Gasteiger partial charge >= 0.3 is 0 Å². The molecule has 0 bridgehead atoms. The number of aromatic nitrogens is 1. The summed E-state index contributed by atoms with van der Waals surface area (Å²) in [6.45, 7) is 5.74. The Bertz CT molecular complexity index is 769. The molecule has 0 aliphatic carbocycles. The maximum atomic E-state index is 4.86. The molecule has 1 atom stereocenters. The number of pyridine rings is 1. The van der Waals surface area contributed by atoms with Crippen molar-refractivity contribution in [2.75, 3.05) is 44.4 Å². The molecular weight excluding hydrogens is 493 g/mol. The molecule has 1 fully saturated rings. The Labute approximate surface area is 196 Å². The van der Waals surface area contributed by atoms with E-state index in [1.165, 1.54) is 11.3 Å². The molecular formula is C22H32IN5S. The second-order valence-corrected chi connectivity index (χ2v) is 8.37. The molecule has 7 heteroatoms. The smallest absolute Gasteiger partial charge is 0.194 e. The number of anilines is 1. The molecule has 2 aromatic rings. The Morgan fingerprint density at radius 2 is 2.00 bits per heavy atom. The fourth-order valence-corrected chi connectivity index (χ4v) is 4.33. The van der Waals surface area contributed by atoms with Crippen LogP contribution in [-0.4, -0.2) is 55.3 Å². The number of hydrogen-bond donors (Lipinski definition) is 1. The second-order valence-electron chi connectivity index (χ2n) is 7.28. The van der Waals surface area contributed by atoms with E-state index in [1.807, 2.05) is 49.0 Å². The first-order valence-corrected chi connectivity index (χ1v) is 11.0. The van der Waals surface area contributed by atoms with Crippen LogP contribution < -0.4 is 10.2 Å². The molecule has 0 spiro atoms. The summed E-state index contributed by atoms with van der Waals surface area (Å²) in [6.07, 6.45) is 1.22. The maximum Gasteiger partial charge on any atom is 0.194 e. The second kappa shape index (κ2) is 12.3. The lowest BCUT2D eigenvalue weighted by Gasteiger charge is -2.21. The van der Waals surface area contributed by atoms with Gasteiger partial charge in [0.05, 0.1) is 12.2 Å². The minimum Gasteiger partial charge on any atom is -0.363 e. The molecule has 158 valence electrons. The SMILES string of the molecule is CCNC(=NCc1cccc(N(C)C)n1)N1CCC(CSc2ccccc2)C1.I. The maximum absolute atomic E-state index is 4.86. The van der Waals surface area contributed by atoms with E-state index in [4.69, 9.17) is 4.99 Å². The average Bonchev–Trinajstić information content (AvgIpc) is 3.19. The van der Waals surface area contributed by atoms with Gasteiger partial charge in [0.2, 0.25) is 0 Å². The Morgan fingerprint density at radius 3 is 2.72 bits per heavy atom. The highest BCUT2D eigenvalue weighted by Crippen LogP contribution is 2.26. The van der Waals surface area contributed by atoms with Crippen LogP contribution in [0.15, 0.2) is 58.4 Å². The lowest BCUT2D eigenvalue weighted by atomic mass is 10.2. The molecule has 3 rings (SSSR count). The predicted molar refractivity (Wildman–Crippen MR) is 136 cm³/mol. The summed E-state index contributed by atoms with van der Waals surface area (Å²) in [4.78, 5) is 15.3. The van der Waals surface area contributed by atoms with E-state index in [0.29, 0.717) is 12.5 Å². The van der Waals surface area contributed by atoms with E-state index >= 15 is 0 Å². The molecule has 2 heterocycles. The molecule has 1 aliphatic heterocycles. The van der Waals surface area contributed by atoms with E-state index < -0.39 is 0 Å². The predicted octanol–water partition coefficient (Wildman–Crippen LogP) is 4.35. The third-order valence-electron chi connectivity index (χ3n) is 4.79. The van der Waals surface area contributed by atoms with Crippen molar-refractivity contribution in [3.05, 3.63) is 54.2 Å². The number of likely N-dealkylation sites (tertiary alicyclic amines) is 1. The van der Waals surface area contributed by atoms with Crippen molar-refractivity contribution >= 4 is 47.5 Å². The molecule has 29 heavy (non-hydrogen) atoms. The van der Waals surface area contributed by atoms with Gasteiger partial charge < -0.3 is 15.1 Å². The molecule has 1 aromatic heterocycles.